The Balaban J connectivity index is 1.88. The molecular formula is C17H17F5N2O4S. The minimum Gasteiger partial charge on any atom is -0.415 e. The van der Waals surface area contributed by atoms with E-state index in [0.29, 0.717) is 6.07 Å². The summed E-state index contributed by atoms with van der Waals surface area (Å²) in [5.74, 6) is -0.383. The second-order valence-electron chi connectivity index (χ2n) is 6.83. The van der Waals surface area contributed by atoms with Crippen LogP contribution in [0.1, 0.15) is 37.1 Å². The van der Waals surface area contributed by atoms with Crippen LogP contribution in [0.2, 0.25) is 0 Å². The van der Waals surface area contributed by atoms with Crippen LogP contribution < -0.4 is 4.74 Å². The van der Waals surface area contributed by atoms with Gasteiger partial charge in [0.25, 0.3) is 0 Å². The molecule has 6 nitrogen and oxygen atoms in total. The molecule has 1 fully saturated rings. The van der Waals surface area contributed by atoms with Gasteiger partial charge in [0.05, 0.1) is 20.9 Å². The number of benzene rings is 1. The number of sulfone groups is 1. The van der Waals surface area contributed by atoms with E-state index in [4.69, 9.17) is 4.74 Å². The maximum absolute atomic E-state index is 13.1. The summed E-state index contributed by atoms with van der Waals surface area (Å²) in [5.41, 5.74) is -0.834. The lowest BCUT2D eigenvalue weighted by Gasteiger charge is -2.37. The molecule has 2 aromatic rings. The Morgan fingerprint density at radius 1 is 1.31 bits per heavy atom. The molecule has 1 aliphatic heterocycles. The average Bonchev–Trinajstić information content (AvgIpc) is 3.09. The number of nitrogens with zero attached hydrogens (tertiary/aromatic N) is 1. The van der Waals surface area contributed by atoms with Crippen LogP contribution in [0.3, 0.4) is 0 Å². The van der Waals surface area contributed by atoms with Crippen LogP contribution in [0, 0.1) is 0 Å². The minimum atomic E-state index is -4.68. The molecule has 2 unspecified atom stereocenters. The zero-order valence-corrected chi connectivity index (χ0v) is 15.9. The third-order valence-electron chi connectivity index (χ3n) is 4.82. The Kier molecular flexibility index (Phi) is 5.60. The molecule has 1 N–H and O–H groups in total. The van der Waals surface area contributed by atoms with Gasteiger partial charge in [0.1, 0.15) is 6.10 Å². The Bertz CT molecular complexity index is 976. The first-order chi connectivity index (χ1) is 13.4. The zero-order valence-electron chi connectivity index (χ0n) is 15.0. The first-order valence-corrected chi connectivity index (χ1v) is 9.94. The third kappa shape index (κ3) is 4.37. The van der Waals surface area contributed by atoms with Gasteiger partial charge in [-0.2, -0.15) is 22.0 Å². The Hall–Kier alpha value is -2.21. The molecule has 2 atom stereocenters. The number of hydrogen-bond donors (Lipinski definition) is 1. The van der Waals surface area contributed by atoms with Gasteiger partial charge in [-0.05, 0) is 38.0 Å². The molecule has 3 rings (SSSR count). The number of rotatable bonds is 5. The molecule has 0 saturated carbocycles. The van der Waals surface area contributed by atoms with Crippen molar-refractivity contribution in [1.29, 1.82) is 0 Å². The van der Waals surface area contributed by atoms with Crippen molar-refractivity contribution >= 4 is 9.84 Å². The van der Waals surface area contributed by atoms with E-state index in [2.05, 4.69) is 14.9 Å². The normalized spacial score (nSPS) is 23.3. The molecule has 1 aromatic carbocycles. The smallest absolute Gasteiger partial charge is 0.415 e. The summed E-state index contributed by atoms with van der Waals surface area (Å²) >= 11 is 0. The number of hydrogen-bond acceptors (Lipinski definition) is 5. The van der Waals surface area contributed by atoms with Crippen molar-refractivity contribution in [3.63, 3.8) is 0 Å². The van der Waals surface area contributed by atoms with Crippen molar-refractivity contribution in [1.82, 2.24) is 10.2 Å². The molecule has 1 aromatic heterocycles. The van der Waals surface area contributed by atoms with Gasteiger partial charge in [0.15, 0.2) is 9.84 Å². The zero-order chi connectivity index (χ0) is 21.4. The highest BCUT2D eigenvalue weighted by Crippen LogP contribution is 2.42. The fourth-order valence-electron chi connectivity index (χ4n) is 3.17. The summed E-state index contributed by atoms with van der Waals surface area (Å²) in [6, 6.07) is 4.72. The highest BCUT2D eigenvalue weighted by atomic mass is 32.2. The van der Waals surface area contributed by atoms with Crippen LogP contribution in [0.5, 0.6) is 5.88 Å². The third-order valence-corrected chi connectivity index (χ3v) is 7.36. The van der Waals surface area contributed by atoms with Gasteiger partial charge < -0.3 is 9.47 Å². The fraction of sp³-hybridized carbons (Fsp3) is 0.471. The lowest BCUT2D eigenvalue weighted by molar-refractivity contribution is -0.137. The van der Waals surface area contributed by atoms with E-state index in [1.807, 2.05) is 0 Å². The molecule has 0 radical (unpaired) electrons. The molecule has 160 valence electrons. The number of alkyl halides is 5. The van der Waals surface area contributed by atoms with E-state index in [1.54, 1.807) is 0 Å². The Morgan fingerprint density at radius 2 is 2.03 bits per heavy atom. The summed E-state index contributed by atoms with van der Waals surface area (Å²) in [6.45, 7) is -1.65. The van der Waals surface area contributed by atoms with Crippen LogP contribution >= 0.6 is 0 Å². The predicted molar refractivity (Wildman–Crippen MR) is 90.2 cm³/mol. The van der Waals surface area contributed by atoms with E-state index >= 15 is 0 Å². The van der Waals surface area contributed by atoms with E-state index in [9.17, 15) is 30.4 Å². The first-order valence-electron chi connectivity index (χ1n) is 8.46. The number of aromatic nitrogens is 2. The fourth-order valence-corrected chi connectivity index (χ4v) is 5.00. The van der Waals surface area contributed by atoms with Crippen LogP contribution in [0.4, 0.5) is 22.0 Å². The molecule has 1 saturated heterocycles. The summed E-state index contributed by atoms with van der Waals surface area (Å²) in [6.07, 6.45) is -5.57. The number of ether oxygens (including phenoxy) is 2. The van der Waals surface area contributed by atoms with Gasteiger partial charge in [-0.25, -0.2) is 8.42 Å². The van der Waals surface area contributed by atoms with E-state index in [-0.39, 0.29) is 31.0 Å². The Labute approximate surface area is 162 Å². The van der Waals surface area contributed by atoms with Crippen molar-refractivity contribution in [2.45, 2.75) is 48.3 Å². The Morgan fingerprint density at radius 3 is 2.69 bits per heavy atom. The average molecular weight is 440 g/mol. The number of nitrogens with one attached hydrogen (secondary N) is 1. The van der Waals surface area contributed by atoms with Gasteiger partial charge in [0.2, 0.25) is 5.88 Å². The SMILES string of the molecule is CC1(S(=O)(=O)c2cccc(C(F)(F)F)c2)CCOC(c2cc(OC(F)F)n[nH]2)C1. The molecule has 0 amide bonds. The summed E-state index contributed by atoms with van der Waals surface area (Å²) in [7, 11) is -4.16. The standard InChI is InChI=1S/C17H17F5N2O4S/c1-16(29(25,26)11-4-2-3-10(7-11)17(20,21)22)5-6-27-13(9-16)12-8-14(24-23-12)28-15(18)19/h2-4,7-8,13,15H,5-6,9H2,1H3,(H,23,24). The monoisotopic (exact) mass is 440 g/mol. The minimum absolute atomic E-state index is 0.00339. The van der Waals surface area contributed by atoms with Crippen LogP contribution in [-0.2, 0) is 20.8 Å². The molecular weight excluding hydrogens is 423 g/mol. The molecule has 0 bridgehead atoms. The second kappa shape index (κ2) is 7.56. The van der Waals surface area contributed by atoms with Crippen LogP contribution in [0.15, 0.2) is 35.2 Å². The van der Waals surface area contributed by atoms with Gasteiger partial charge in [-0.15, -0.1) is 5.10 Å². The van der Waals surface area contributed by atoms with Gasteiger partial charge in [-0.1, -0.05) is 6.07 Å². The van der Waals surface area contributed by atoms with Gasteiger partial charge in [0, 0.05) is 12.7 Å². The summed E-state index contributed by atoms with van der Waals surface area (Å²) in [4.78, 5) is -0.443. The number of halogens is 5. The molecule has 0 aliphatic carbocycles. The van der Waals surface area contributed by atoms with Gasteiger partial charge in [-0.3, -0.25) is 5.10 Å². The van der Waals surface area contributed by atoms with E-state index in [0.717, 1.165) is 18.2 Å². The molecule has 2 heterocycles. The molecule has 12 heteroatoms. The van der Waals surface area contributed by atoms with Crippen molar-refractivity contribution in [2.24, 2.45) is 0 Å². The summed E-state index contributed by atoms with van der Waals surface area (Å²) < 4.78 is 98.1. The van der Waals surface area contributed by atoms with Crippen molar-refractivity contribution < 1.29 is 39.8 Å². The maximum Gasteiger partial charge on any atom is 0.416 e. The molecule has 1 aliphatic rings. The second-order valence-corrected chi connectivity index (χ2v) is 9.30. The first kappa shape index (κ1) is 21.5. The number of aromatic amines is 1. The van der Waals surface area contributed by atoms with E-state index in [1.165, 1.54) is 13.0 Å². The maximum atomic E-state index is 13.1. The van der Waals surface area contributed by atoms with Crippen LogP contribution in [0.25, 0.3) is 0 Å². The van der Waals surface area contributed by atoms with Crippen molar-refractivity contribution in [3.8, 4) is 5.88 Å². The highest BCUT2D eigenvalue weighted by molar-refractivity contribution is 7.92. The quantitative estimate of drug-likeness (QED) is 0.708. The largest absolute Gasteiger partial charge is 0.416 e. The molecule has 0 spiro atoms. The highest BCUT2D eigenvalue weighted by Gasteiger charge is 2.46. The topological polar surface area (TPSA) is 81.3 Å². The summed E-state index contributed by atoms with van der Waals surface area (Å²) in [5, 5.41) is 6.02. The van der Waals surface area contributed by atoms with Crippen molar-refractivity contribution in [3.05, 3.63) is 41.6 Å². The van der Waals surface area contributed by atoms with Gasteiger partial charge >= 0.3 is 12.8 Å². The lowest BCUT2D eigenvalue weighted by atomic mass is 9.95. The van der Waals surface area contributed by atoms with Crippen molar-refractivity contribution in [2.75, 3.05) is 6.61 Å². The lowest BCUT2D eigenvalue weighted by Crippen LogP contribution is -2.42. The number of H-pyrrole nitrogens is 1. The van der Waals surface area contributed by atoms with E-state index < -0.39 is 43.9 Å². The predicted octanol–water partition coefficient (Wildman–Crippen LogP) is 4.11. The molecule has 29 heavy (non-hydrogen) atoms. The van der Waals surface area contributed by atoms with Crippen LogP contribution in [-0.4, -0.2) is 36.6 Å².